The first-order chi connectivity index (χ1) is 9.27. The summed E-state index contributed by atoms with van der Waals surface area (Å²) in [5.41, 5.74) is 6.12. The fraction of sp³-hybridized carbons (Fsp3) is 0.929. The minimum atomic E-state index is 0.0411. The lowest BCUT2D eigenvalue weighted by molar-refractivity contribution is -0.125. The van der Waals surface area contributed by atoms with E-state index >= 15 is 0 Å². The summed E-state index contributed by atoms with van der Waals surface area (Å²) in [5.74, 6) is 2.67. The number of amides is 1. The van der Waals surface area contributed by atoms with Crippen LogP contribution in [-0.4, -0.2) is 54.5 Å². The first-order valence-electron chi connectivity index (χ1n) is 7.61. The molecule has 1 aliphatic carbocycles. The van der Waals surface area contributed by atoms with Crippen molar-refractivity contribution in [1.82, 2.24) is 10.2 Å². The van der Waals surface area contributed by atoms with Crippen LogP contribution in [0, 0.1) is 5.92 Å². The van der Waals surface area contributed by atoms with Crippen molar-refractivity contribution in [3.8, 4) is 0 Å². The minimum absolute atomic E-state index is 0.0411. The number of rotatable bonds is 4. The second-order valence-electron chi connectivity index (χ2n) is 5.65. The van der Waals surface area contributed by atoms with E-state index < -0.39 is 0 Å². The van der Waals surface area contributed by atoms with E-state index in [4.69, 9.17) is 5.73 Å². The van der Waals surface area contributed by atoms with Crippen molar-refractivity contribution in [2.75, 3.05) is 37.7 Å². The van der Waals surface area contributed by atoms with E-state index in [-0.39, 0.29) is 17.9 Å². The quantitative estimate of drug-likeness (QED) is 0.758. The van der Waals surface area contributed by atoms with Gasteiger partial charge in [-0.1, -0.05) is 19.3 Å². The van der Waals surface area contributed by atoms with Gasteiger partial charge in [-0.3, -0.25) is 9.69 Å². The molecule has 0 radical (unpaired) electrons. The predicted octanol–water partition coefficient (Wildman–Crippen LogP) is 1.06. The Balaban J connectivity index is 1.67. The minimum Gasteiger partial charge on any atom is -0.355 e. The molecule has 1 saturated heterocycles. The Morgan fingerprint density at radius 3 is 2.74 bits per heavy atom. The normalized spacial score (nSPS) is 29.7. The number of nitrogens with one attached hydrogen (secondary N) is 1. The summed E-state index contributed by atoms with van der Waals surface area (Å²) in [5, 5.41) is 3.09. The van der Waals surface area contributed by atoms with Crippen molar-refractivity contribution < 1.29 is 4.79 Å². The molecule has 3 N–H and O–H groups in total. The summed E-state index contributed by atoms with van der Waals surface area (Å²) in [4.78, 5) is 14.6. The van der Waals surface area contributed by atoms with Crippen LogP contribution in [0.15, 0.2) is 0 Å². The van der Waals surface area contributed by atoms with Crippen LogP contribution >= 0.6 is 11.8 Å². The number of thioether (sulfide) groups is 1. The van der Waals surface area contributed by atoms with Crippen molar-refractivity contribution >= 4 is 17.7 Å². The highest BCUT2D eigenvalue weighted by atomic mass is 32.2. The summed E-state index contributed by atoms with van der Waals surface area (Å²) >= 11 is 2.02. The Morgan fingerprint density at radius 1 is 1.21 bits per heavy atom. The molecule has 0 aromatic rings. The number of nitrogens with two attached hydrogens (primary N) is 1. The maximum Gasteiger partial charge on any atom is 0.224 e. The molecule has 2 rings (SSSR count). The van der Waals surface area contributed by atoms with Crippen LogP contribution < -0.4 is 11.1 Å². The SMILES string of the molecule is NC1CCCCCC1C(=O)NCCN1CCSCC1. The number of carbonyl (C=O) groups excluding carboxylic acids is 1. The molecule has 0 bridgehead atoms. The van der Waals surface area contributed by atoms with E-state index in [0.717, 1.165) is 45.4 Å². The van der Waals surface area contributed by atoms with Crippen LogP contribution in [0.3, 0.4) is 0 Å². The van der Waals surface area contributed by atoms with Crippen LogP contribution in [0.2, 0.25) is 0 Å². The average Bonchev–Trinajstić information content (AvgIpc) is 2.64. The van der Waals surface area contributed by atoms with E-state index in [9.17, 15) is 4.79 Å². The lowest BCUT2D eigenvalue weighted by atomic mass is 9.94. The van der Waals surface area contributed by atoms with Gasteiger partial charge in [0.15, 0.2) is 0 Å². The Bertz CT molecular complexity index is 282. The van der Waals surface area contributed by atoms with Crippen molar-refractivity contribution in [2.45, 2.75) is 38.1 Å². The predicted molar refractivity (Wildman–Crippen MR) is 81.3 cm³/mol. The number of hydrogen-bond acceptors (Lipinski definition) is 4. The lowest BCUT2D eigenvalue weighted by Gasteiger charge is -2.27. The van der Waals surface area contributed by atoms with Gasteiger partial charge < -0.3 is 11.1 Å². The molecule has 2 unspecified atom stereocenters. The zero-order chi connectivity index (χ0) is 13.5. The molecule has 1 amide bonds. The third-order valence-corrected chi connectivity index (χ3v) is 5.18. The van der Waals surface area contributed by atoms with Crippen molar-refractivity contribution in [3.05, 3.63) is 0 Å². The summed E-state index contributed by atoms with van der Waals surface area (Å²) in [6, 6.07) is 0.0638. The maximum atomic E-state index is 12.2. The van der Waals surface area contributed by atoms with E-state index in [1.807, 2.05) is 11.8 Å². The Kier molecular flexibility index (Phi) is 6.47. The fourth-order valence-electron chi connectivity index (χ4n) is 2.95. The molecule has 1 aliphatic heterocycles. The molecule has 2 atom stereocenters. The van der Waals surface area contributed by atoms with Gasteiger partial charge in [0.1, 0.15) is 0 Å². The van der Waals surface area contributed by atoms with E-state index in [1.54, 1.807) is 0 Å². The van der Waals surface area contributed by atoms with Crippen LogP contribution in [0.5, 0.6) is 0 Å². The second kappa shape index (κ2) is 8.12. The largest absolute Gasteiger partial charge is 0.355 e. The zero-order valence-electron chi connectivity index (χ0n) is 11.8. The van der Waals surface area contributed by atoms with Gasteiger partial charge in [-0.15, -0.1) is 0 Å². The topological polar surface area (TPSA) is 58.4 Å². The molecular formula is C14H27N3OS. The molecule has 0 aromatic heterocycles. The fourth-order valence-corrected chi connectivity index (χ4v) is 3.93. The number of hydrogen-bond donors (Lipinski definition) is 2. The Hall–Kier alpha value is -0.260. The van der Waals surface area contributed by atoms with Gasteiger partial charge in [-0.05, 0) is 12.8 Å². The van der Waals surface area contributed by atoms with Crippen LogP contribution in [0.4, 0.5) is 0 Å². The molecule has 110 valence electrons. The van der Waals surface area contributed by atoms with Gasteiger partial charge in [0.25, 0.3) is 0 Å². The van der Waals surface area contributed by atoms with E-state index in [1.165, 1.54) is 24.3 Å². The van der Waals surface area contributed by atoms with Crippen LogP contribution in [0.1, 0.15) is 32.1 Å². The molecule has 2 fully saturated rings. The lowest BCUT2D eigenvalue weighted by Crippen LogP contribution is -2.44. The first-order valence-corrected chi connectivity index (χ1v) is 8.76. The molecule has 19 heavy (non-hydrogen) atoms. The number of carbonyl (C=O) groups is 1. The molecule has 4 nitrogen and oxygen atoms in total. The molecule has 1 saturated carbocycles. The summed E-state index contributed by atoms with van der Waals surface area (Å²) in [6.07, 6.45) is 5.52. The monoisotopic (exact) mass is 285 g/mol. The highest BCUT2D eigenvalue weighted by molar-refractivity contribution is 7.99. The molecular weight excluding hydrogens is 258 g/mol. The van der Waals surface area contributed by atoms with Gasteiger partial charge in [0, 0.05) is 43.7 Å². The van der Waals surface area contributed by atoms with Crippen molar-refractivity contribution in [2.24, 2.45) is 11.7 Å². The summed E-state index contributed by atoms with van der Waals surface area (Å²) < 4.78 is 0. The second-order valence-corrected chi connectivity index (χ2v) is 6.88. The standard InChI is InChI=1S/C14H27N3OS/c15-13-5-3-1-2-4-12(13)14(18)16-6-7-17-8-10-19-11-9-17/h12-13H,1-11,15H2,(H,16,18). The summed E-state index contributed by atoms with van der Waals surface area (Å²) in [6.45, 7) is 4.06. The van der Waals surface area contributed by atoms with E-state index in [2.05, 4.69) is 10.2 Å². The van der Waals surface area contributed by atoms with Gasteiger partial charge in [-0.25, -0.2) is 0 Å². The van der Waals surface area contributed by atoms with Crippen molar-refractivity contribution in [3.63, 3.8) is 0 Å². The maximum absolute atomic E-state index is 12.2. The van der Waals surface area contributed by atoms with Gasteiger partial charge in [0.2, 0.25) is 5.91 Å². The van der Waals surface area contributed by atoms with E-state index in [0.29, 0.717) is 0 Å². The first kappa shape index (κ1) is 15.1. The third-order valence-electron chi connectivity index (χ3n) is 4.24. The number of nitrogens with zero attached hydrogens (tertiary/aromatic N) is 1. The zero-order valence-corrected chi connectivity index (χ0v) is 12.6. The van der Waals surface area contributed by atoms with Gasteiger partial charge in [-0.2, -0.15) is 11.8 Å². The Labute approximate surface area is 120 Å². The molecule has 5 heteroatoms. The smallest absolute Gasteiger partial charge is 0.224 e. The molecule has 1 heterocycles. The highest BCUT2D eigenvalue weighted by Crippen LogP contribution is 2.22. The van der Waals surface area contributed by atoms with Gasteiger partial charge >= 0.3 is 0 Å². The molecule has 0 spiro atoms. The van der Waals surface area contributed by atoms with Crippen LogP contribution in [0.25, 0.3) is 0 Å². The summed E-state index contributed by atoms with van der Waals surface area (Å²) in [7, 11) is 0. The highest BCUT2D eigenvalue weighted by Gasteiger charge is 2.26. The molecule has 0 aromatic carbocycles. The average molecular weight is 285 g/mol. The Morgan fingerprint density at radius 2 is 1.95 bits per heavy atom. The van der Waals surface area contributed by atoms with Crippen molar-refractivity contribution in [1.29, 1.82) is 0 Å². The van der Waals surface area contributed by atoms with Crippen LogP contribution in [-0.2, 0) is 4.79 Å². The molecule has 2 aliphatic rings. The van der Waals surface area contributed by atoms with Gasteiger partial charge in [0.05, 0.1) is 5.92 Å². The third kappa shape index (κ3) is 4.97.